The maximum Gasteiger partial charge on any atom is 0.241 e. The van der Waals surface area contributed by atoms with E-state index in [2.05, 4.69) is 4.72 Å². The normalized spacial score (nSPS) is 19.3. The number of alkyl halides is 1. The molecule has 0 atom stereocenters. The zero-order valence-corrected chi connectivity index (χ0v) is 12.6. The highest BCUT2D eigenvalue weighted by Gasteiger charge is 2.36. The van der Waals surface area contributed by atoms with E-state index in [-0.39, 0.29) is 10.8 Å². The second-order valence-electron chi connectivity index (χ2n) is 4.59. The minimum atomic E-state index is -3.63. The zero-order valence-electron chi connectivity index (χ0n) is 10.2. The van der Waals surface area contributed by atoms with Crippen LogP contribution in [0.1, 0.15) is 12.8 Å². The molecule has 1 heterocycles. The van der Waals surface area contributed by atoms with Gasteiger partial charge in [0.15, 0.2) is 0 Å². The minimum Gasteiger partial charge on any atom is -0.381 e. The standard InChI is InChI=1S/C12H15Cl2NO3S/c13-9-12(4-6-18-7-5-12)15-19(16,17)11-3-1-2-10(14)8-11/h1-3,8,15H,4-7,9H2. The van der Waals surface area contributed by atoms with Gasteiger partial charge in [-0.25, -0.2) is 13.1 Å². The van der Waals surface area contributed by atoms with Crippen molar-refractivity contribution >= 4 is 33.2 Å². The summed E-state index contributed by atoms with van der Waals surface area (Å²) >= 11 is 11.8. The monoisotopic (exact) mass is 323 g/mol. The Morgan fingerprint density at radius 1 is 1.32 bits per heavy atom. The van der Waals surface area contributed by atoms with Crippen molar-refractivity contribution in [3.05, 3.63) is 29.3 Å². The van der Waals surface area contributed by atoms with Crippen LogP contribution in [0.25, 0.3) is 0 Å². The molecule has 19 heavy (non-hydrogen) atoms. The molecule has 0 aliphatic carbocycles. The van der Waals surface area contributed by atoms with Gasteiger partial charge in [-0.3, -0.25) is 0 Å². The molecule has 106 valence electrons. The Morgan fingerprint density at radius 3 is 2.58 bits per heavy atom. The summed E-state index contributed by atoms with van der Waals surface area (Å²) in [6.45, 7) is 1.01. The zero-order chi connectivity index (χ0) is 13.9. The number of benzene rings is 1. The fraction of sp³-hybridized carbons (Fsp3) is 0.500. The summed E-state index contributed by atoms with van der Waals surface area (Å²) in [4.78, 5) is 0.149. The molecule has 0 spiro atoms. The molecule has 0 amide bonds. The number of halogens is 2. The summed E-state index contributed by atoms with van der Waals surface area (Å²) in [6, 6.07) is 6.17. The maximum atomic E-state index is 12.3. The van der Waals surface area contributed by atoms with Gasteiger partial charge in [-0.05, 0) is 31.0 Å². The number of hydrogen-bond acceptors (Lipinski definition) is 3. The van der Waals surface area contributed by atoms with E-state index in [4.69, 9.17) is 27.9 Å². The number of hydrogen-bond donors (Lipinski definition) is 1. The molecule has 7 heteroatoms. The quantitative estimate of drug-likeness (QED) is 0.866. The summed E-state index contributed by atoms with van der Waals surface area (Å²) in [5, 5.41) is 0.384. The summed E-state index contributed by atoms with van der Waals surface area (Å²) in [7, 11) is -3.63. The van der Waals surface area contributed by atoms with Gasteiger partial charge in [0, 0.05) is 24.1 Å². The average molecular weight is 324 g/mol. The predicted octanol–water partition coefficient (Wildman–Crippen LogP) is 2.41. The number of nitrogens with one attached hydrogen (secondary N) is 1. The molecule has 1 N–H and O–H groups in total. The molecule has 1 saturated heterocycles. The molecule has 0 aromatic heterocycles. The molecule has 1 aliphatic rings. The van der Waals surface area contributed by atoms with Crippen molar-refractivity contribution in [2.75, 3.05) is 19.1 Å². The SMILES string of the molecule is O=S(=O)(NC1(CCl)CCOCC1)c1cccc(Cl)c1. The third-order valence-electron chi connectivity index (χ3n) is 3.16. The van der Waals surface area contributed by atoms with Crippen LogP contribution in [0.5, 0.6) is 0 Å². The largest absolute Gasteiger partial charge is 0.381 e. The van der Waals surface area contributed by atoms with Crippen LogP contribution in [-0.2, 0) is 14.8 Å². The van der Waals surface area contributed by atoms with Crippen molar-refractivity contribution < 1.29 is 13.2 Å². The van der Waals surface area contributed by atoms with Crippen molar-refractivity contribution in [3.8, 4) is 0 Å². The average Bonchev–Trinajstić information content (AvgIpc) is 2.39. The van der Waals surface area contributed by atoms with Crippen LogP contribution in [0.3, 0.4) is 0 Å². The lowest BCUT2D eigenvalue weighted by Crippen LogP contribution is -2.53. The number of rotatable bonds is 4. The molecular weight excluding hydrogens is 309 g/mol. The predicted molar refractivity (Wildman–Crippen MR) is 75.3 cm³/mol. The molecular formula is C12H15Cl2NO3S. The summed E-state index contributed by atoms with van der Waals surface area (Å²) in [5.41, 5.74) is -0.638. The Morgan fingerprint density at radius 2 is 2.00 bits per heavy atom. The molecule has 0 bridgehead atoms. The molecule has 1 aromatic rings. The summed E-state index contributed by atoms with van der Waals surface area (Å²) in [6.07, 6.45) is 1.13. The van der Waals surface area contributed by atoms with Crippen molar-refractivity contribution in [2.24, 2.45) is 0 Å². The Balaban J connectivity index is 2.25. The van der Waals surface area contributed by atoms with Crippen molar-refractivity contribution in [2.45, 2.75) is 23.3 Å². The molecule has 1 aliphatic heterocycles. The van der Waals surface area contributed by atoms with Gasteiger partial charge in [0.1, 0.15) is 0 Å². The molecule has 1 fully saturated rings. The first-order valence-corrected chi connectivity index (χ1v) is 8.30. The van der Waals surface area contributed by atoms with Crippen molar-refractivity contribution in [1.29, 1.82) is 0 Å². The van der Waals surface area contributed by atoms with Gasteiger partial charge in [-0.15, -0.1) is 11.6 Å². The van der Waals surface area contributed by atoms with Crippen molar-refractivity contribution in [3.63, 3.8) is 0 Å². The highest BCUT2D eigenvalue weighted by molar-refractivity contribution is 7.89. The third-order valence-corrected chi connectivity index (χ3v) is 5.49. The summed E-state index contributed by atoms with van der Waals surface area (Å²) in [5.74, 6) is 0.218. The highest BCUT2D eigenvalue weighted by atomic mass is 35.5. The van der Waals surface area contributed by atoms with Gasteiger partial charge >= 0.3 is 0 Å². The number of sulfonamides is 1. The molecule has 1 aromatic carbocycles. The van der Waals surface area contributed by atoms with Crippen LogP contribution in [-0.4, -0.2) is 33.1 Å². The van der Waals surface area contributed by atoms with E-state index in [0.717, 1.165) is 0 Å². The summed E-state index contributed by atoms with van der Waals surface area (Å²) < 4.78 is 32.6. The maximum absolute atomic E-state index is 12.3. The van der Waals surface area contributed by atoms with Crippen LogP contribution in [0, 0.1) is 0 Å². The van der Waals surface area contributed by atoms with Crippen LogP contribution < -0.4 is 4.72 Å². The first-order valence-electron chi connectivity index (χ1n) is 5.91. The molecule has 0 saturated carbocycles. The second-order valence-corrected chi connectivity index (χ2v) is 6.98. The van der Waals surface area contributed by atoms with Gasteiger partial charge in [0.2, 0.25) is 10.0 Å². The Hall–Kier alpha value is -0.330. The van der Waals surface area contributed by atoms with E-state index >= 15 is 0 Å². The number of ether oxygens (including phenoxy) is 1. The van der Waals surface area contributed by atoms with E-state index in [1.807, 2.05) is 0 Å². The van der Waals surface area contributed by atoms with Gasteiger partial charge in [0.25, 0.3) is 0 Å². The first-order chi connectivity index (χ1) is 8.97. The van der Waals surface area contributed by atoms with Crippen LogP contribution in [0.2, 0.25) is 5.02 Å². The third kappa shape index (κ3) is 3.61. The van der Waals surface area contributed by atoms with Gasteiger partial charge in [-0.1, -0.05) is 17.7 Å². The van der Waals surface area contributed by atoms with Gasteiger partial charge in [-0.2, -0.15) is 0 Å². The molecule has 0 unspecified atom stereocenters. The smallest absolute Gasteiger partial charge is 0.241 e. The lowest BCUT2D eigenvalue weighted by Gasteiger charge is -2.35. The minimum absolute atomic E-state index is 0.149. The van der Waals surface area contributed by atoms with Crippen LogP contribution in [0.4, 0.5) is 0 Å². The van der Waals surface area contributed by atoms with E-state index < -0.39 is 15.6 Å². The van der Waals surface area contributed by atoms with Crippen molar-refractivity contribution in [1.82, 2.24) is 4.72 Å². The lowest BCUT2D eigenvalue weighted by molar-refractivity contribution is 0.0549. The van der Waals surface area contributed by atoms with E-state index in [1.54, 1.807) is 12.1 Å². The Labute approximate surface area is 123 Å². The van der Waals surface area contributed by atoms with E-state index in [1.165, 1.54) is 12.1 Å². The fourth-order valence-corrected chi connectivity index (χ4v) is 4.18. The topological polar surface area (TPSA) is 55.4 Å². The molecule has 0 radical (unpaired) electrons. The van der Waals surface area contributed by atoms with Gasteiger partial charge < -0.3 is 4.74 Å². The second kappa shape index (κ2) is 5.97. The van der Waals surface area contributed by atoms with E-state index in [9.17, 15) is 8.42 Å². The first kappa shape index (κ1) is 15.1. The molecule has 2 rings (SSSR count). The highest BCUT2D eigenvalue weighted by Crippen LogP contribution is 2.25. The Bertz CT molecular complexity index is 542. The lowest BCUT2D eigenvalue weighted by atomic mass is 9.94. The van der Waals surface area contributed by atoms with Crippen LogP contribution >= 0.6 is 23.2 Å². The van der Waals surface area contributed by atoms with Crippen LogP contribution in [0.15, 0.2) is 29.2 Å². The Kier molecular flexibility index (Phi) is 4.74. The fourth-order valence-electron chi connectivity index (χ4n) is 2.00. The van der Waals surface area contributed by atoms with E-state index in [0.29, 0.717) is 31.1 Å². The molecule has 4 nitrogen and oxygen atoms in total. The van der Waals surface area contributed by atoms with Gasteiger partial charge in [0.05, 0.1) is 10.4 Å².